The molecule has 0 spiro atoms. The van der Waals surface area contributed by atoms with Crippen molar-refractivity contribution in [1.29, 1.82) is 0 Å². The van der Waals surface area contributed by atoms with E-state index in [1.54, 1.807) is 0 Å². The van der Waals surface area contributed by atoms with E-state index < -0.39 is 0 Å². The highest BCUT2D eigenvalue weighted by molar-refractivity contribution is 5.79. The predicted octanol–water partition coefficient (Wildman–Crippen LogP) is 1.19. The number of aromatic nitrogens is 2. The van der Waals surface area contributed by atoms with Crippen molar-refractivity contribution in [3.63, 3.8) is 0 Å². The molecule has 0 N–H and O–H groups in total. The van der Waals surface area contributed by atoms with Gasteiger partial charge in [-0.05, 0) is 6.42 Å². The number of hydrogen-bond acceptors (Lipinski definition) is 5. The summed E-state index contributed by atoms with van der Waals surface area (Å²) in [5.41, 5.74) is 0. The first-order chi connectivity index (χ1) is 7.78. The summed E-state index contributed by atoms with van der Waals surface area (Å²) in [6.45, 7) is 4.38. The lowest BCUT2D eigenvalue weighted by Gasteiger charge is -2.23. The quantitative estimate of drug-likeness (QED) is 0.767. The maximum Gasteiger partial charge on any atom is 0.240 e. The molecular formula is C11H17N3O2. The standard InChI is InChI=1S/C11H17N3O2/c1-2-3-10-12-11(16-13-10)8-14-6-4-9(15)5-7-14/h2-8H2,1H3. The van der Waals surface area contributed by atoms with Gasteiger partial charge in [-0.1, -0.05) is 12.1 Å². The Labute approximate surface area is 94.8 Å². The van der Waals surface area contributed by atoms with E-state index in [1.165, 1.54) is 0 Å². The molecule has 1 aromatic rings. The van der Waals surface area contributed by atoms with Crippen LogP contribution in [0.1, 0.15) is 37.9 Å². The lowest BCUT2D eigenvalue weighted by atomic mass is 10.1. The first-order valence-corrected chi connectivity index (χ1v) is 5.83. The lowest BCUT2D eigenvalue weighted by Crippen LogP contribution is -2.33. The average molecular weight is 223 g/mol. The van der Waals surface area contributed by atoms with Crippen molar-refractivity contribution in [3.8, 4) is 0 Å². The Hall–Kier alpha value is -1.23. The lowest BCUT2D eigenvalue weighted by molar-refractivity contribution is -0.121. The summed E-state index contributed by atoms with van der Waals surface area (Å²) < 4.78 is 5.16. The molecule has 5 heteroatoms. The fourth-order valence-corrected chi connectivity index (χ4v) is 1.83. The van der Waals surface area contributed by atoms with Crippen LogP contribution in [0.5, 0.6) is 0 Å². The van der Waals surface area contributed by atoms with E-state index in [0.29, 0.717) is 31.1 Å². The van der Waals surface area contributed by atoms with Crippen molar-refractivity contribution in [2.75, 3.05) is 13.1 Å². The van der Waals surface area contributed by atoms with Gasteiger partial charge in [0.1, 0.15) is 5.78 Å². The minimum Gasteiger partial charge on any atom is -0.338 e. The molecule has 2 heterocycles. The molecule has 0 amide bonds. The van der Waals surface area contributed by atoms with E-state index >= 15 is 0 Å². The van der Waals surface area contributed by atoms with Gasteiger partial charge >= 0.3 is 0 Å². The van der Waals surface area contributed by atoms with Crippen LogP contribution in [0.2, 0.25) is 0 Å². The molecular weight excluding hydrogens is 206 g/mol. The number of carbonyl (C=O) groups is 1. The second-order valence-electron chi connectivity index (χ2n) is 4.17. The first kappa shape index (κ1) is 11.3. The van der Waals surface area contributed by atoms with Crippen molar-refractivity contribution in [2.24, 2.45) is 0 Å². The molecule has 0 aliphatic carbocycles. The molecule has 0 bridgehead atoms. The third-order valence-electron chi connectivity index (χ3n) is 2.76. The van der Waals surface area contributed by atoms with Gasteiger partial charge in [0.2, 0.25) is 5.89 Å². The van der Waals surface area contributed by atoms with Crippen molar-refractivity contribution in [1.82, 2.24) is 15.0 Å². The Bertz CT molecular complexity index is 352. The Kier molecular flexibility index (Phi) is 3.66. The van der Waals surface area contributed by atoms with Crippen LogP contribution in [0.4, 0.5) is 0 Å². The van der Waals surface area contributed by atoms with E-state index in [1.807, 2.05) is 0 Å². The number of likely N-dealkylation sites (tertiary alicyclic amines) is 1. The number of nitrogens with zero attached hydrogens (tertiary/aromatic N) is 3. The van der Waals surface area contributed by atoms with E-state index in [-0.39, 0.29) is 0 Å². The molecule has 0 unspecified atom stereocenters. The summed E-state index contributed by atoms with van der Waals surface area (Å²) in [5, 5.41) is 3.91. The molecule has 0 radical (unpaired) electrons. The van der Waals surface area contributed by atoms with Crippen molar-refractivity contribution < 1.29 is 9.32 Å². The Morgan fingerprint density at radius 3 is 2.81 bits per heavy atom. The molecule has 0 atom stereocenters. The smallest absolute Gasteiger partial charge is 0.240 e. The van der Waals surface area contributed by atoms with Gasteiger partial charge in [-0.25, -0.2) is 0 Å². The number of rotatable bonds is 4. The Balaban J connectivity index is 1.86. The van der Waals surface area contributed by atoms with Crippen molar-refractivity contribution in [2.45, 2.75) is 39.2 Å². The third kappa shape index (κ3) is 2.88. The topological polar surface area (TPSA) is 59.2 Å². The third-order valence-corrected chi connectivity index (χ3v) is 2.76. The Morgan fingerprint density at radius 1 is 1.38 bits per heavy atom. The molecule has 1 fully saturated rings. The summed E-state index contributed by atoms with van der Waals surface area (Å²) in [6.07, 6.45) is 3.19. The van der Waals surface area contributed by atoms with Gasteiger partial charge in [0.25, 0.3) is 0 Å². The predicted molar refractivity (Wildman–Crippen MR) is 57.8 cm³/mol. The molecule has 1 aliphatic rings. The highest BCUT2D eigenvalue weighted by atomic mass is 16.5. The summed E-state index contributed by atoms with van der Waals surface area (Å²) in [7, 11) is 0. The minimum atomic E-state index is 0.355. The van der Waals surface area contributed by atoms with E-state index in [4.69, 9.17) is 4.52 Å². The zero-order chi connectivity index (χ0) is 11.4. The molecule has 0 saturated carbocycles. The van der Waals surface area contributed by atoms with Crippen LogP contribution in [0.15, 0.2) is 4.52 Å². The largest absolute Gasteiger partial charge is 0.338 e. The van der Waals surface area contributed by atoms with Gasteiger partial charge in [-0.3, -0.25) is 9.69 Å². The minimum absolute atomic E-state index is 0.355. The molecule has 88 valence electrons. The SMILES string of the molecule is CCCc1noc(CN2CCC(=O)CC2)n1. The molecule has 5 nitrogen and oxygen atoms in total. The van der Waals surface area contributed by atoms with Crippen LogP contribution in [0, 0.1) is 0 Å². The molecule has 2 rings (SSSR count). The number of ketones is 1. The maximum absolute atomic E-state index is 11.1. The first-order valence-electron chi connectivity index (χ1n) is 5.83. The number of carbonyl (C=O) groups excluding carboxylic acids is 1. The molecule has 1 aliphatic heterocycles. The maximum atomic E-state index is 11.1. The highest BCUT2D eigenvalue weighted by Crippen LogP contribution is 2.10. The van der Waals surface area contributed by atoms with Gasteiger partial charge in [-0.2, -0.15) is 4.98 Å². The van der Waals surface area contributed by atoms with Crippen LogP contribution < -0.4 is 0 Å². The van der Waals surface area contributed by atoms with Crippen LogP contribution in [-0.4, -0.2) is 33.9 Å². The molecule has 0 aromatic carbocycles. The Morgan fingerprint density at radius 2 is 2.12 bits per heavy atom. The van der Waals surface area contributed by atoms with E-state index in [0.717, 1.165) is 31.8 Å². The average Bonchev–Trinajstić information content (AvgIpc) is 2.70. The van der Waals surface area contributed by atoms with Crippen LogP contribution >= 0.6 is 0 Å². The monoisotopic (exact) mass is 223 g/mol. The van der Waals surface area contributed by atoms with Gasteiger partial charge in [-0.15, -0.1) is 0 Å². The summed E-state index contributed by atoms with van der Waals surface area (Å²) in [6, 6.07) is 0. The van der Waals surface area contributed by atoms with Gasteiger partial charge < -0.3 is 4.52 Å². The highest BCUT2D eigenvalue weighted by Gasteiger charge is 2.18. The summed E-state index contributed by atoms with van der Waals surface area (Å²) >= 11 is 0. The number of Topliss-reactive ketones (excluding diaryl/α,β-unsaturated/α-hetero) is 1. The fraction of sp³-hybridized carbons (Fsp3) is 0.727. The zero-order valence-electron chi connectivity index (χ0n) is 9.61. The van der Waals surface area contributed by atoms with Crippen LogP contribution in [-0.2, 0) is 17.8 Å². The molecule has 1 saturated heterocycles. The van der Waals surface area contributed by atoms with Crippen LogP contribution in [0.25, 0.3) is 0 Å². The van der Waals surface area contributed by atoms with E-state index in [9.17, 15) is 4.79 Å². The summed E-state index contributed by atoms with van der Waals surface area (Å²) in [4.78, 5) is 17.6. The zero-order valence-corrected chi connectivity index (χ0v) is 9.61. The number of aryl methyl sites for hydroxylation is 1. The second kappa shape index (κ2) is 5.21. The second-order valence-corrected chi connectivity index (χ2v) is 4.17. The van der Waals surface area contributed by atoms with Gasteiger partial charge in [0, 0.05) is 32.4 Å². The normalized spacial score (nSPS) is 17.9. The van der Waals surface area contributed by atoms with Gasteiger partial charge in [0.05, 0.1) is 6.54 Å². The van der Waals surface area contributed by atoms with Crippen LogP contribution in [0.3, 0.4) is 0 Å². The van der Waals surface area contributed by atoms with Crippen molar-refractivity contribution >= 4 is 5.78 Å². The van der Waals surface area contributed by atoms with Crippen molar-refractivity contribution in [3.05, 3.63) is 11.7 Å². The number of hydrogen-bond donors (Lipinski definition) is 0. The van der Waals surface area contributed by atoms with Gasteiger partial charge in [0.15, 0.2) is 5.82 Å². The molecule has 1 aromatic heterocycles. The molecule has 16 heavy (non-hydrogen) atoms. The fourth-order valence-electron chi connectivity index (χ4n) is 1.83. The number of piperidine rings is 1. The summed E-state index contributed by atoms with van der Waals surface area (Å²) in [5.74, 6) is 1.80. The van der Waals surface area contributed by atoms with E-state index in [2.05, 4.69) is 22.0 Å².